The van der Waals surface area contributed by atoms with Crippen LogP contribution in [0.15, 0.2) is 11.0 Å². The highest BCUT2D eigenvalue weighted by molar-refractivity contribution is 6.03. The van der Waals surface area contributed by atoms with Gasteiger partial charge in [-0.1, -0.05) is 0 Å². The normalized spacial score (nSPS) is 19.7. The minimum Gasteiger partial charge on any atom is -0.492 e. The van der Waals surface area contributed by atoms with Crippen molar-refractivity contribution in [2.24, 2.45) is 5.73 Å². The molecule has 0 amide bonds. The van der Waals surface area contributed by atoms with Gasteiger partial charge in [0.2, 0.25) is 5.43 Å². The molecule has 2 aromatic rings. The van der Waals surface area contributed by atoms with Crippen molar-refractivity contribution in [3.05, 3.63) is 27.8 Å². The fourth-order valence-electron chi connectivity index (χ4n) is 3.82. The van der Waals surface area contributed by atoms with Gasteiger partial charge >= 0.3 is 5.97 Å². The number of aromatic nitrogens is 1. The maximum Gasteiger partial charge on any atom is 0.341 e. The summed E-state index contributed by atoms with van der Waals surface area (Å²) >= 11 is 0. The molecule has 5 N–H and O–H groups in total. The maximum atomic E-state index is 15.2. The average molecular weight is 376 g/mol. The third kappa shape index (κ3) is 2.61. The highest BCUT2D eigenvalue weighted by atomic mass is 19.1. The zero-order valence-corrected chi connectivity index (χ0v) is 14.9. The highest BCUT2D eigenvalue weighted by Crippen LogP contribution is 2.46. The molecule has 0 radical (unpaired) electrons. The Morgan fingerprint density at radius 3 is 2.59 bits per heavy atom. The van der Waals surface area contributed by atoms with E-state index >= 15 is 4.39 Å². The molecule has 1 aliphatic carbocycles. The number of halogens is 1. The van der Waals surface area contributed by atoms with Crippen LogP contribution in [0.4, 0.5) is 15.8 Å². The third-order valence-corrected chi connectivity index (χ3v) is 5.29. The second kappa shape index (κ2) is 6.12. The number of carboxylic acid groups (broad SMARTS) is 1. The van der Waals surface area contributed by atoms with E-state index in [9.17, 15) is 14.7 Å². The summed E-state index contributed by atoms with van der Waals surface area (Å²) < 4.78 is 22.5. The van der Waals surface area contributed by atoms with Gasteiger partial charge in [-0.15, -0.1) is 0 Å². The Hall–Kier alpha value is -2.81. The summed E-state index contributed by atoms with van der Waals surface area (Å²) in [5.74, 6) is -1.97. The van der Waals surface area contributed by atoms with Crippen LogP contribution in [0, 0.1) is 5.82 Å². The van der Waals surface area contributed by atoms with E-state index in [0.29, 0.717) is 25.0 Å². The quantitative estimate of drug-likeness (QED) is 0.687. The number of carbonyl (C=O) groups is 1. The van der Waals surface area contributed by atoms with Gasteiger partial charge in [0.1, 0.15) is 11.3 Å². The predicted octanol–water partition coefficient (Wildman–Crippen LogP) is 1.30. The summed E-state index contributed by atoms with van der Waals surface area (Å²) in [6.45, 7) is 0.985. The van der Waals surface area contributed by atoms with Crippen LogP contribution in [-0.2, 0) is 0 Å². The number of methoxy groups -OCH3 is 1. The number of hydrogen-bond donors (Lipinski definition) is 3. The van der Waals surface area contributed by atoms with Gasteiger partial charge in [0.15, 0.2) is 11.6 Å². The Balaban J connectivity index is 2.13. The molecule has 2 heterocycles. The Labute approximate surface area is 154 Å². The number of aromatic carboxylic acids is 1. The molecule has 144 valence electrons. The third-order valence-electron chi connectivity index (χ3n) is 5.29. The second-order valence-electron chi connectivity index (χ2n) is 7.14. The number of carboxylic acids is 1. The number of ether oxygens (including phenoxy) is 1. The summed E-state index contributed by atoms with van der Waals surface area (Å²) in [6.07, 6.45) is 3.68. The first kappa shape index (κ1) is 17.6. The first-order chi connectivity index (χ1) is 12.8. The Morgan fingerprint density at radius 1 is 1.37 bits per heavy atom. The van der Waals surface area contributed by atoms with Crippen molar-refractivity contribution in [2.45, 2.75) is 31.3 Å². The fourth-order valence-corrected chi connectivity index (χ4v) is 3.82. The largest absolute Gasteiger partial charge is 0.492 e. The summed E-state index contributed by atoms with van der Waals surface area (Å²) in [7, 11) is 1.40. The summed E-state index contributed by atoms with van der Waals surface area (Å²) in [5, 5.41) is 9.24. The topological polar surface area (TPSA) is 124 Å². The number of nitrogen functional groups attached to an aromatic ring is 1. The van der Waals surface area contributed by atoms with Crippen LogP contribution in [0.1, 0.15) is 35.7 Å². The van der Waals surface area contributed by atoms with Gasteiger partial charge in [-0.2, -0.15) is 0 Å². The van der Waals surface area contributed by atoms with Crippen LogP contribution >= 0.6 is 0 Å². The van der Waals surface area contributed by atoms with Crippen LogP contribution in [0.2, 0.25) is 0 Å². The standard InChI is InChI=1S/C18H21FN4O4/c1-27-17-14-11(13(21)12(19)15(17)22-5-4-8(20)6-22)16(24)10(18(25)26)7-23(14)9-2-3-9/h7-9H,2-6,20-21H2,1H3,(H,25,26)/t8-/m1/s1. The summed E-state index contributed by atoms with van der Waals surface area (Å²) in [4.78, 5) is 26.0. The van der Waals surface area contributed by atoms with Gasteiger partial charge in [0.05, 0.1) is 23.7 Å². The smallest absolute Gasteiger partial charge is 0.341 e. The van der Waals surface area contributed by atoms with Gasteiger partial charge in [0.25, 0.3) is 0 Å². The fraction of sp³-hybridized carbons (Fsp3) is 0.444. The summed E-state index contributed by atoms with van der Waals surface area (Å²) in [5.41, 5.74) is 10.9. The first-order valence-corrected chi connectivity index (χ1v) is 8.82. The second-order valence-corrected chi connectivity index (χ2v) is 7.14. The van der Waals surface area contributed by atoms with E-state index in [4.69, 9.17) is 16.2 Å². The number of anilines is 2. The van der Waals surface area contributed by atoms with Crippen molar-refractivity contribution in [3.8, 4) is 5.75 Å². The lowest BCUT2D eigenvalue weighted by Gasteiger charge is -2.25. The van der Waals surface area contributed by atoms with Crippen LogP contribution in [0.25, 0.3) is 10.9 Å². The molecule has 2 aliphatic rings. The molecule has 27 heavy (non-hydrogen) atoms. The van der Waals surface area contributed by atoms with Crippen molar-refractivity contribution in [2.75, 3.05) is 30.8 Å². The molecule has 8 nitrogen and oxygen atoms in total. The van der Waals surface area contributed by atoms with Gasteiger partial charge in [0, 0.05) is 31.4 Å². The SMILES string of the molecule is COc1c(N2CC[C@@H](N)C2)c(F)c(N)c2c(=O)c(C(=O)O)cn(C3CC3)c12. The Bertz CT molecular complexity index is 1020. The van der Waals surface area contributed by atoms with Crippen molar-refractivity contribution in [1.29, 1.82) is 0 Å². The Morgan fingerprint density at radius 2 is 2.07 bits per heavy atom. The van der Waals surface area contributed by atoms with E-state index in [1.54, 1.807) is 9.47 Å². The molecule has 1 atom stereocenters. The molecule has 1 aromatic heterocycles. The Kier molecular flexibility index (Phi) is 3.99. The average Bonchev–Trinajstić information content (AvgIpc) is 3.38. The zero-order valence-electron chi connectivity index (χ0n) is 14.9. The lowest BCUT2D eigenvalue weighted by atomic mass is 10.1. The van der Waals surface area contributed by atoms with Crippen molar-refractivity contribution < 1.29 is 19.0 Å². The molecule has 2 fully saturated rings. The van der Waals surface area contributed by atoms with Crippen LogP contribution < -0.4 is 26.5 Å². The molecule has 0 unspecified atom stereocenters. The number of nitrogens with two attached hydrogens (primary N) is 2. The van der Waals surface area contributed by atoms with E-state index in [1.165, 1.54) is 13.3 Å². The molecule has 0 spiro atoms. The maximum absolute atomic E-state index is 15.2. The molecule has 9 heteroatoms. The minimum atomic E-state index is -1.37. The molecule has 1 aromatic carbocycles. The molecular weight excluding hydrogens is 355 g/mol. The van der Waals surface area contributed by atoms with E-state index in [1.807, 2.05) is 0 Å². The van der Waals surface area contributed by atoms with Gasteiger partial charge in [-0.3, -0.25) is 4.79 Å². The molecule has 1 saturated heterocycles. The number of rotatable bonds is 4. The number of benzene rings is 1. The molecule has 1 aliphatic heterocycles. The van der Waals surface area contributed by atoms with Crippen LogP contribution in [0.5, 0.6) is 5.75 Å². The zero-order chi connectivity index (χ0) is 19.5. The predicted molar refractivity (Wildman–Crippen MR) is 99.2 cm³/mol. The van der Waals surface area contributed by atoms with E-state index in [0.717, 1.165) is 12.8 Å². The first-order valence-electron chi connectivity index (χ1n) is 8.82. The lowest BCUT2D eigenvalue weighted by molar-refractivity contribution is 0.0695. The highest BCUT2D eigenvalue weighted by Gasteiger charge is 2.34. The van der Waals surface area contributed by atoms with Crippen molar-refractivity contribution in [1.82, 2.24) is 4.57 Å². The van der Waals surface area contributed by atoms with Gasteiger partial charge in [-0.05, 0) is 19.3 Å². The summed E-state index contributed by atoms with van der Waals surface area (Å²) in [6, 6.07) is -0.0651. The van der Waals surface area contributed by atoms with Crippen molar-refractivity contribution in [3.63, 3.8) is 0 Å². The van der Waals surface area contributed by atoms with Gasteiger partial charge < -0.3 is 30.8 Å². The van der Waals surface area contributed by atoms with Crippen molar-refractivity contribution >= 4 is 28.2 Å². The molecule has 4 rings (SSSR count). The molecular formula is C18H21FN4O4. The molecule has 1 saturated carbocycles. The minimum absolute atomic E-state index is 0.0265. The number of hydrogen-bond acceptors (Lipinski definition) is 6. The number of pyridine rings is 1. The van der Waals surface area contributed by atoms with E-state index in [2.05, 4.69) is 0 Å². The van der Waals surface area contributed by atoms with Crippen LogP contribution in [0.3, 0.4) is 0 Å². The number of nitrogens with zero attached hydrogens (tertiary/aromatic N) is 2. The van der Waals surface area contributed by atoms with E-state index in [-0.39, 0.29) is 34.6 Å². The molecule has 0 bridgehead atoms. The lowest BCUT2D eigenvalue weighted by Crippen LogP contribution is -2.28. The number of fused-ring (bicyclic) bond motifs is 1. The monoisotopic (exact) mass is 376 g/mol. The van der Waals surface area contributed by atoms with Crippen LogP contribution in [-0.4, -0.2) is 41.9 Å². The van der Waals surface area contributed by atoms with Gasteiger partial charge in [-0.25, -0.2) is 9.18 Å². The van der Waals surface area contributed by atoms with E-state index < -0.39 is 22.8 Å².